The first-order valence-electron chi connectivity index (χ1n) is 7.44. The monoisotopic (exact) mass is 346 g/mol. The SMILES string of the molecule is CC1(C)COc2cc(NS(=O)(=O)c3ccccc3)ccc2NC1=O. The molecule has 0 saturated heterocycles. The summed E-state index contributed by atoms with van der Waals surface area (Å²) < 4.78 is 32.9. The first-order valence-corrected chi connectivity index (χ1v) is 8.92. The fourth-order valence-electron chi connectivity index (χ4n) is 2.24. The molecule has 1 heterocycles. The van der Waals surface area contributed by atoms with Gasteiger partial charge in [0.2, 0.25) is 5.91 Å². The standard InChI is InChI=1S/C17H18N2O4S/c1-17(2)11-23-15-10-12(8-9-14(15)18-16(17)20)19-24(21,22)13-6-4-3-5-7-13/h3-10,19H,11H2,1-2H3,(H,18,20). The first-order chi connectivity index (χ1) is 11.3. The molecule has 0 atom stereocenters. The molecule has 126 valence electrons. The number of sulfonamides is 1. The fraction of sp³-hybridized carbons (Fsp3) is 0.235. The van der Waals surface area contributed by atoms with Gasteiger partial charge in [0.15, 0.2) is 0 Å². The zero-order chi connectivity index (χ0) is 17.4. The van der Waals surface area contributed by atoms with E-state index in [4.69, 9.17) is 4.74 Å². The van der Waals surface area contributed by atoms with Crippen LogP contribution in [0.5, 0.6) is 5.75 Å². The zero-order valence-electron chi connectivity index (χ0n) is 13.4. The van der Waals surface area contributed by atoms with Gasteiger partial charge in [-0.05, 0) is 38.1 Å². The Labute approximate surface area is 140 Å². The van der Waals surface area contributed by atoms with E-state index in [1.165, 1.54) is 12.1 Å². The van der Waals surface area contributed by atoms with Crippen LogP contribution in [0.3, 0.4) is 0 Å². The van der Waals surface area contributed by atoms with Crippen molar-refractivity contribution in [2.75, 3.05) is 16.6 Å². The second-order valence-electron chi connectivity index (χ2n) is 6.26. The lowest BCUT2D eigenvalue weighted by Gasteiger charge is -2.18. The van der Waals surface area contributed by atoms with E-state index in [1.54, 1.807) is 50.2 Å². The molecule has 6 nitrogen and oxygen atoms in total. The van der Waals surface area contributed by atoms with Gasteiger partial charge >= 0.3 is 0 Å². The third kappa shape index (κ3) is 3.21. The summed E-state index contributed by atoms with van der Waals surface area (Å²) in [6.45, 7) is 3.78. The van der Waals surface area contributed by atoms with Crippen LogP contribution in [-0.4, -0.2) is 20.9 Å². The van der Waals surface area contributed by atoms with E-state index in [9.17, 15) is 13.2 Å². The number of hydrogen-bond acceptors (Lipinski definition) is 4. The number of fused-ring (bicyclic) bond motifs is 1. The van der Waals surface area contributed by atoms with Gasteiger partial charge in [-0.2, -0.15) is 0 Å². The van der Waals surface area contributed by atoms with Gasteiger partial charge in [-0.15, -0.1) is 0 Å². The van der Waals surface area contributed by atoms with Crippen molar-refractivity contribution in [2.24, 2.45) is 5.41 Å². The Hall–Kier alpha value is -2.54. The average molecular weight is 346 g/mol. The van der Waals surface area contributed by atoms with Gasteiger partial charge in [0.25, 0.3) is 10.0 Å². The Balaban J connectivity index is 1.88. The Morgan fingerprint density at radius 2 is 1.83 bits per heavy atom. The molecule has 7 heteroatoms. The van der Waals surface area contributed by atoms with Gasteiger partial charge in [0.1, 0.15) is 12.4 Å². The number of carbonyl (C=O) groups is 1. The molecule has 24 heavy (non-hydrogen) atoms. The van der Waals surface area contributed by atoms with Crippen molar-refractivity contribution in [1.82, 2.24) is 0 Å². The number of rotatable bonds is 3. The molecular weight excluding hydrogens is 328 g/mol. The van der Waals surface area contributed by atoms with Gasteiger partial charge in [0.05, 0.1) is 21.7 Å². The number of anilines is 2. The summed E-state index contributed by atoms with van der Waals surface area (Å²) >= 11 is 0. The van der Waals surface area contributed by atoms with E-state index in [0.29, 0.717) is 17.1 Å². The van der Waals surface area contributed by atoms with Crippen molar-refractivity contribution in [2.45, 2.75) is 18.7 Å². The van der Waals surface area contributed by atoms with E-state index in [1.807, 2.05) is 0 Å². The number of amides is 1. The van der Waals surface area contributed by atoms with Gasteiger partial charge in [-0.25, -0.2) is 8.42 Å². The maximum atomic E-state index is 12.4. The Morgan fingerprint density at radius 1 is 1.12 bits per heavy atom. The number of nitrogens with one attached hydrogen (secondary N) is 2. The molecule has 0 saturated carbocycles. The predicted octanol–water partition coefficient (Wildman–Crippen LogP) is 2.84. The van der Waals surface area contributed by atoms with Gasteiger partial charge in [0, 0.05) is 6.07 Å². The molecule has 0 aliphatic carbocycles. The molecule has 1 amide bonds. The highest BCUT2D eigenvalue weighted by molar-refractivity contribution is 7.92. The summed E-state index contributed by atoms with van der Waals surface area (Å²) in [5, 5.41) is 2.79. The summed E-state index contributed by atoms with van der Waals surface area (Å²) in [5.41, 5.74) is 0.225. The molecule has 3 rings (SSSR count). The smallest absolute Gasteiger partial charge is 0.261 e. The highest BCUT2D eigenvalue weighted by atomic mass is 32.2. The van der Waals surface area contributed by atoms with Crippen LogP contribution in [0.25, 0.3) is 0 Å². The highest BCUT2D eigenvalue weighted by Crippen LogP contribution is 2.34. The Bertz CT molecular complexity index is 877. The van der Waals surface area contributed by atoms with Crippen molar-refractivity contribution < 1.29 is 17.9 Å². The molecule has 1 aliphatic rings. The minimum atomic E-state index is -3.68. The number of benzene rings is 2. The second kappa shape index (κ2) is 5.83. The Morgan fingerprint density at radius 3 is 2.54 bits per heavy atom. The van der Waals surface area contributed by atoms with Crippen LogP contribution in [0.4, 0.5) is 11.4 Å². The molecule has 2 aromatic carbocycles. The van der Waals surface area contributed by atoms with Crippen molar-refractivity contribution in [3.05, 3.63) is 48.5 Å². The van der Waals surface area contributed by atoms with Crippen LogP contribution in [-0.2, 0) is 14.8 Å². The van der Waals surface area contributed by atoms with Crippen molar-refractivity contribution in [3.63, 3.8) is 0 Å². The van der Waals surface area contributed by atoms with Crippen molar-refractivity contribution in [1.29, 1.82) is 0 Å². The molecule has 0 aromatic heterocycles. The molecule has 0 spiro atoms. The summed E-state index contributed by atoms with van der Waals surface area (Å²) in [5.74, 6) is 0.293. The van der Waals surface area contributed by atoms with Crippen molar-refractivity contribution in [3.8, 4) is 5.75 Å². The fourth-order valence-corrected chi connectivity index (χ4v) is 3.31. The van der Waals surface area contributed by atoms with Crippen LogP contribution in [0, 0.1) is 5.41 Å². The summed E-state index contributed by atoms with van der Waals surface area (Å²) in [6, 6.07) is 12.9. The normalized spacial score (nSPS) is 16.3. The quantitative estimate of drug-likeness (QED) is 0.895. The Kier molecular flexibility index (Phi) is 3.96. The van der Waals surface area contributed by atoms with Crippen molar-refractivity contribution >= 4 is 27.3 Å². The van der Waals surface area contributed by atoms with E-state index in [0.717, 1.165) is 0 Å². The highest BCUT2D eigenvalue weighted by Gasteiger charge is 2.32. The van der Waals surface area contributed by atoms with E-state index in [-0.39, 0.29) is 17.4 Å². The third-order valence-electron chi connectivity index (χ3n) is 3.74. The maximum absolute atomic E-state index is 12.4. The molecular formula is C17H18N2O4S. The molecule has 1 aliphatic heterocycles. The molecule has 2 N–H and O–H groups in total. The molecule has 0 bridgehead atoms. The number of hydrogen-bond donors (Lipinski definition) is 2. The van der Waals surface area contributed by atoms with Gasteiger partial charge in [-0.1, -0.05) is 18.2 Å². The van der Waals surface area contributed by atoms with E-state index < -0.39 is 15.4 Å². The van der Waals surface area contributed by atoms with Gasteiger partial charge in [-0.3, -0.25) is 9.52 Å². The van der Waals surface area contributed by atoms with Crippen LogP contribution < -0.4 is 14.8 Å². The van der Waals surface area contributed by atoms with Gasteiger partial charge < -0.3 is 10.1 Å². The van der Waals surface area contributed by atoms with Crippen LogP contribution >= 0.6 is 0 Å². The second-order valence-corrected chi connectivity index (χ2v) is 7.94. The van der Waals surface area contributed by atoms with Crippen LogP contribution in [0.2, 0.25) is 0 Å². The molecule has 0 unspecified atom stereocenters. The predicted molar refractivity (Wildman–Crippen MR) is 91.6 cm³/mol. The third-order valence-corrected chi connectivity index (χ3v) is 5.14. The minimum absolute atomic E-state index is 0.140. The van der Waals surface area contributed by atoms with Crippen LogP contribution in [0.15, 0.2) is 53.4 Å². The lowest BCUT2D eigenvalue weighted by atomic mass is 9.94. The lowest BCUT2D eigenvalue weighted by Crippen LogP contribution is -2.33. The zero-order valence-corrected chi connectivity index (χ0v) is 14.2. The van der Waals surface area contributed by atoms with E-state index >= 15 is 0 Å². The first kappa shape index (κ1) is 16.3. The van der Waals surface area contributed by atoms with E-state index in [2.05, 4.69) is 10.0 Å². The van der Waals surface area contributed by atoms with Crippen LogP contribution in [0.1, 0.15) is 13.8 Å². The average Bonchev–Trinajstić information content (AvgIpc) is 2.65. The maximum Gasteiger partial charge on any atom is 0.261 e. The lowest BCUT2D eigenvalue weighted by molar-refractivity contribution is -0.124. The molecule has 0 fully saturated rings. The largest absolute Gasteiger partial charge is 0.490 e. The number of ether oxygens (including phenoxy) is 1. The molecule has 0 radical (unpaired) electrons. The minimum Gasteiger partial charge on any atom is -0.490 e. The molecule has 2 aromatic rings. The summed E-state index contributed by atoms with van der Waals surface area (Å²) in [7, 11) is -3.68. The summed E-state index contributed by atoms with van der Waals surface area (Å²) in [6.07, 6.45) is 0. The topological polar surface area (TPSA) is 84.5 Å². The number of carbonyl (C=O) groups excluding carboxylic acids is 1. The summed E-state index contributed by atoms with van der Waals surface area (Å²) in [4.78, 5) is 12.3.